The molecule has 0 aliphatic heterocycles. The van der Waals surface area contributed by atoms with Gasteiger partial charge in [-0.25, -0.2) is 9.82 Å². The Labute approximate surface area is 213 Å². The van der Waals surface area contributed by atoms with Crippen molar-refractivity contribution in [2.24, 2.45) is 5.10 Å². The first-order valence-electron chi connectivity index (χ1n) is 11.3. The Morgan fingerprint density at radius 2 is 1.62 bits per heavy atom. The number of nitrogens with zero attached hydrogens (tertiary/aromatic N) is 1. The molecule has 3 rings (SSSR count). The molecule has 9 nitrogen and oxygen atoms in total. The van der Waals surface area contributed by atoms with Crippen molar-refractivity contribution in [2.45, 2.75) is 20.8 Å². The molecule has 0 saturated heterocycles. The molecule has 10 heteroatoms. The number of halogens is 1. The Kier molecular flexibility index (Phi) is 8.93. The van der Waals surface area contributed by atoms with Gasteiger partial charge in [0.15, 0.2) is 18.1 Å². The average molecular weight is 507 g/mol. The van der Waals surface area contributed by atoms with Gasteiger partial charge < -0.3 is 20.1 Å². The second kappa shape index (κ2) is 12.3. The highest BCUT2D eigenvalue weighted by Gasteiger charge is 2.15. The van der Waals surface area contributed by atoms with Crippen LogP contribution in [0.15, 0.2) is 59.7 Å². The first-order chi connectivity index (χ1) is 17.7. The van der Waals surface area contributed by atoms with Crippen LogP contribution in [0.1, 0.15) is 22.3 Å². The van der Waals surface area contributed by atoms with Crippen molar-refractivity contribution in [1.82, 2.24) is 5.43 Å². The molecule has 192 valence electrons. The Morgan fingerprint density at radius 1 is 0.919 bits per heavy atom. The number of rotatable bonds is 8. The van der Waals surface area contributed by atoms with Crippen LogP contribution in [0, 0.1) is 26.6 Å². The molecule has 0 fully saturated rings. The van der Waals surface area contributed by atoms with Crippen molar-refractivity contribution < 1.29 is 28.2 Å². The summed E-state index contributed by atoms with van der Waals surface area (Å²) in [6, 6.07) is 14.2. The minimum atomic E-state index is -1.07. The number of hydrazone groups is 1. The van der Waals surface area contributed by atoms with Crippen LogP contribution in [0.3, 0.4) is 0 Å². The van der Waals surface area contributed by atoms with Crippen molar-refractivity contribution in [3.05, 3.63) is 82.7 Å². The Morgan fingerprint density at radius 3 is 2.30 bits per heavy atom. The first kappa shape index (κ1) is 26.9. The fourth-order valence-electron chi connectivity index (χ4n) is 3.54. The number of ether oxygens (including phenoxy) is 2. The van der Waals surface area contributed by atoms with Gasteiger partial charge in [-0.3, -0.25) is 14.4 Å². The van der Waals surface area contributed by atoms with Crippen LogP contribution in [0.4, 0.5) is 15.8 Å². The standard InChI is InChI=1S/C27H27FN4O5/c1-16-11-17(2)25(18(3)12-16)31-24(33)15-37-22-10-9-19(13-23(22)36-4)14-29-32-27(35)26(34)30-21-8-6-5-7-20(21)28/h5-14H,15H2,1-4H3,(H,30,34)(H,31,33)(H,32,35)/b29-14-. The lowest BCUT2D eigenvalue weighted by molar-refractivity contribution is -0.136. The molecule has 0 aromatic heterocycles. The van der Waals surface area contributed by atoms with Crippen molar-refractivity contribution >= 4 is 35.3 Å². The molecule has 0 atom stereocenters. The van der Waals surface area contributed by atoms with Gasteiger partial charge in [-0.05, 0) is 67.8 Å². The van der Waals surface area contributed by atoms with E-state index in [0.717, 1.165) is 28.4 Å². The van der Waals surface area contributed by atoms with E-state index in [0.29, 0.717) is 17.1 Å². The minimum absolute atomic E-state index is 0.121. The van der Waals surface area contributed by atoms with Gasteiger partial charge in [-0.1, -0.05) is 29.8 Å². The van der Waals surface area contributed by atoms with Gasteiger partial charge in [0.25, 0.3) is 5.91 Å². The van der Waals surface area contributed by atoms with Gasteiger partial charge in [0.05, 0.1) is 19.0 Å². The number of para-hydroxylation sites is 1. The molecule has 0 spiro atoms. The van der Waals surface area contributed by atoms with Gasteiger partial charge in [0.1, 0.15) is 5.82 Å². The predicted molar refractivity (Wildman–Crippen MR) is 139 cm³/mol. The Bertz CT molecular complexity index is 1330. The fraction of sp³-hybridized carbons (Fsp3) is 0.185. The second-order valence-corrected chi connectivity index (χ2v) is 8.15. The van der Waals surface area contributed by atoms with E-state index < -0.39 is 17.6 Å². The largest absolute Gasteiger partial charge is 0.493 e. The molecular weight excluding hydrogens is 479 g/mol. The summed E-state index contributed by atoms with van der Waals surface area (Å²) in [5.41, 5.74) is 6.26. The van der Waals surface area contributed by atoms with Crippen molar-refractivity contribution in [3.8, 4) is 11.5 Å². The minimum Gasteiger partial charge on any atom is -0.493 e. The lowest BCUT2D eigenvalue weighted by atomic mass is 10.1. The van der Waals surface area contributed by atoms with Gasteiger partial charge >= 0.3 is 11.8 Å². The molecule has 3 aromatic rings. The summed E-state index contributed by atoms with van der Waals surface area (Å²) in [6.45, 7) is 5.62. The molecule has 0 aliphatic rings. The maximum Gasteiger partial charge on any atom is 0.329 e. The maximum absolute atomic E-state index is 13.6. The average Bonchev–Trinajstić information content (AvgIpc) is 2.86. The van der Waals surface area contributed by atoms with Crippen molar-refractivity contribution in [3.63, 3.8) is 0 Å². The summed E-state index contributed by atoms with van der Waals surface area (Å²) in [5.74, 6) is -2.46. The summed E-state index contributed by atoms with van der Waals surface area (Å²) < 4.78 is 24.6. The van der Waals surface area contributed by atoms with Crippen LogP contribution < -0.4 is 25.5 Å². The highest BCUT2D eigenvalue weighted by molar-refractivity contribution is 6.39. The lowest BCUT2D eigenvalue weighted by Gasteiger charge is -2.14. The third-order valence-electron chi connectivity index (χ3n) is 5.20. The van der Waals surface area contributed by atoms with Gasteiger partial charge in [-0.2, -0.15) is 5.10 Å². The number of nitrogens with one attached hydrogen (secondary N) is 3. The van der Waals surface area contributed by atoms with E-state index in [1.807, 2.05) is 32.9 Å². The smallest absolute Gasteiger partial charge is 0.329 e. The molecule has 37 heavy (non-hydrogen) atoms. The molecular formula is C27H27FN4O5. The molecule has 0 saturated carbocycles. The topological polar surface area (TPSA) is 118 Å². The summed E-state index contributed by atoms with van der Waals surface area (Å²) in [6.07, 6.45) is 1.29. The van der Waals surface area contributed by atoms with Crippen molar-refractivity contribution in [2.75, 3.05) is 24.4 Å². The van der Waals surface area contributed by atoms with Gasteiger partial charge in [-0.15, -0.1) is 0 Å². The second-order valence-electron chi connectivity index (χ2n) is 8.15. The summed E-state index contributed by atoms with van der Waals surface area (Å²) in [5, 5.41) is 8.77. The van der Waals surface area contributed by atoms with Gasteiger partial charge in [0, 0.05) is 5.69 Å². The zero-order valence-electron chi connectivity index (χ0n) is 20.8. The van der Waals surface area contributed by atoms with Crippen LogP contribution in [0.25, 0.3) is 0 Å². The van der Waals surface area contributed by atoms with Crippen LogP contribution in [-0.4, -0.2) is 37.7 Å². The first-order valence-corrected chi connectivity index (χ1v) is 11.3. The fourth-order valence-corrected chi connectivity index (χ4v) is 3.54. The van der Waals surface area contributed by atoms with Crippen molar-refractivity contribution in [1.29, 1.82) is 0 Å². The van der Waals surface area contributed by atoms with E-state index in [-0.39, 0.29) is 18.2 Å². The molecule has 0 radical (unpaired) electrons. The monoisotopic (exact) mass is 506 g/mol. The zero-order valence-corrected chi connectivity index (χ0v) is 20.8. The lowest BCUT2D eigenvalue weighted by Crippen LogP contribution is -2.32. The summed E-state index contributed by atoms with van der Waals surface area (Å²) in [7, 11) is 1.44. The number of amides is 3. The van der Waals surface area contributed by atoms with E-state index >= 15 is 0 Å². The third kappa shape index (κ3) is 7.38. The number of anilines is 2. The maximum atomic E-state index is 13.6. The molecule has 0 bridgehead atoms. The van der Waals surface area contributed by atoms with Gasteiger partial charge in [0.2, 0.25) is 0 Å². The molecule has 0 heterocycles. The highest BCUT2D eigenvalue weighted by Crippen LogP contribution is 2.28. The number of methoxy groups -OCH3 is 1. The number of benzene rings is 3. The van der Waals surface area contributed by atoms with E-state index in [2.05, 4.69) is 21.2 Å². The SMILES string of the molecule is COc1cc(/C=N\NC(=O)C(=O)Nc2ccccc2F)ccc1OCC(=O)Nc1c(C)cc(C)cc1C. The number of hydrogen-bond acceptors (Lipinski definition) is 6. The number of hydrogen-bond donors (Lipinski definition) is 3. The zero-order chi connectivity index (χ0) is 26.9. The normalized spacial score (nSPS) is 10.6. The molecule has 3 aromatic carbocycles. The summed E-state index contributed by atoms with van der Waals surface area (Å²) >= 11 is 0. The quantitative estimate of drug-likeness (QED) is 0.244. The number of carbonyl (C=O) groups is 3. The molecule has 0 aliphatic carbocycles. The highest BCUT2D eigenvalue weighted by atomic mass is 19.1. The predicted octanol–water partition coefficient (Wildman–Crippen LogP) is 3.87. The molecule has 3 N–H and O–H groups in total. The van der Waals surface area contributed by atoms with Crippen LogP contribution >= 0.6 is 0 Å². The van der Waals surface area contributed by atoms with Crippen LogP contribution in [-0.2, 0) is 14.4 Å². The van der Waals surface area contributed by atoms with E-state index in [1.165, 1.54) is 31.5 Å². The summed E-state index contributed by atoms with van der Waals surface area (Å²) in [4.78, 5) is 36.3. The Balaban J connectivity index is 1.56. The Hall–Kier alpha value is -4.73. The third-order valence-corrected chi connectivity index (χ3v) is 5.20. The molecule has 3 amide bonds. The number of carbonyl (C=O) groups excluding carboxylic acids is 3. The van der Waals surface area contributed by atoms with E-state index in [1.54, 1.807) is 18.2 Å². The van der Waals surface area contributed by atoms with Crippen LogP contribution in [0.2, 0.25) is 0 Å². The van der Waals surface area contributed by atoms with E-state index in [9.17, 15) is 18.8 Å². The number of aryl methyl sites for hydroxylation is 3. The molecule has 0 unspecified atom stereocenters. The van der Waals surface area contributed by atoms with E-state index in [4.69, 9.17) is 9.47 Å². The van der Waals surface area contributed by atoms with Crippen LogP contribution in [0.5, 0.6) is 11.5 Å².